The van der Waals surface area contributed by atoms with E-state index in [0.29, 0.717) is 16.9 Å². The number of hydrogen-bond acceptors (Lipinski definition) is 7. The molecule has 0 spiro atoms. The topological polar surface area (TPSA) is 115 Å². The van der Waals surface area contributed by atoms with Crippen LogP contribution in [0.5, 0.6) is 23.3 Å². The van der Waals surface area contributed by atoms with Crippen molar-refractivity contribution in [2.24, 2.45) is 0 Å². The lowest BCUT2D eigenvalue weighted by Gasteiger charge is -2.12. The summed E-state index contributed by atoms with van der Waals surface area (Å²) in [6.07, 6.45) is 2.36. The Labute approximate surface area is 166 Å². The first kappa shape index (κ1) is 19.4. The number of benzene rings is 2. The third-order valence-corrected chi connectivity index (χ3v) is 3.70. The van der Waals surface area contributed by atoms with Gasteiger partial charge in [-0.15, -0.1) is 0 Å². The van der Waals surface area contributed by atoms with Gasteiger partial charge in [-0.3, -0.25) is 0 Å². The van der Waals surface area contributed by atoms with Crippen molar-refractivity contribution in [2.45, 2.75) is 0 Å². The molecule has 8 heteroatoms. The minimum absolute atomic E-state index is 0.0726. The molecule has 0 aliphatic carbocycles. The Morgan fingerprint density at radius 3 is 2.31 bits per heavy atom. The van der Waals surface area contributed by atoms with Crippen LogP contribution in [0.3, 0.4) is 0 Å². The summed E-state index contributed by atoms with van der Waals surface area (Å²) in [7, 11) is 1.36. The van der Waals surface area contributed by atoms with Gasteiger partial charge in [-0.2, -0.15) is 5.26 Å². The van der Waals surface area contributed by atoms with E-state index in [1.165, 1.54) is 19.5 Å². The zero-order valence-corrected chi connectivity index (χ0v) is 15.3. The third-order valence-electron chi connectivity index (χ3n) is 3.70. The maximum Gasteiger partial charge on any atom is 0.339 e. The molecule has 0 amide bonds. The van der Waals surface area contributed by atoms with E-state index in [1.54, 1.807) is 48.5 Å². The molecule has 144 valence electrons. The quantitative estimate of drug-likeness (QED) is 0.476. The second-order valence-corrected chi connectivity index (χ2v) is 5.58. The smallest absolute Gasteiger partial charge is 0.339 e. The molecule has 0 saturated carbocycles. The second kappa shape index (κ2) is 9.01. The van der Waals surface area contributed by atoms with Crippen LogP contribution in [-0.2, 0) is 9.53 Å². The Morgan fingerprint density at radius 1 is 1.03 bits per heavy atom. The van der Waals surface area contributed by atoms with Crippen LogP contribution < -0.4 is 9.47 Å². The average molecular weight is 389 g/mol. The van der Waals surface area contributed by atoms with Gasteiger partial charge in [-0.1, -0.05) is 30.3 Å². The van der Waals surface area contributed by atoms with Crippen LogP contribution in [0.1, 0.15) is 11.1 Å². The number of aliphatic carboxylic acids is 1. The molecule has 29 heavy (non-hydrogen) atoms. The summed E-state index contributed by atoms with van der Waals surface area (Å²) in [4.78, 5) is 19.6. The standard InChI is InChI=1S/C21H15N3O5/c1-27-12-16(21(25)26)15-7-3-5-9-18(15)29-20-10-19(23-13-24-20)28-17-8-4-2-6-14(17)11-22/h2-10,12-13H,1H3,(H,25,26). The number of hydrogen-bond donors (Lipinski definition) is 1. The van der Waals surface area contributed by atoms with Crippen molar-refractivity contribution in [3.63, 3.8) is 0 Å². The maximum atomic E-state index is 11.5. The molecule has 8 nitrogen and oxygen atoms in total. The monoisotopic (exact) mass is 389 g/mol. The van der Waals surface area contributed by atoms with E-state index in [0.717, 1.165) is 6.26 Å². The van der Waals surface area contributed by atoms with Gasteiger partial charge in [0.2, 0.25) is 11.8 Å². The zero-order chi connectivity index (χ0) is 20.6. The van der Waals surface area contributed by atoms with Gasteiger partial charge in [0.15, 0.2) is 0 Å². The Balaban J connectivity index is 1.89. The van der Waals surface area contributed by atoms with E-state index in [4.69, 9.17) is 19.5 Å². The number of nitrogens with zero attached hydrogens (tertiary/aromatic N) is 3. The Hall–Kier alpha value is -4.38. The number of methoxy groups -OCH3 is 1. The van der Waals surface area contributed by atoms with Crippen molar-refractivity contribution in [2.75, 3.05) is 7.11 Å². The molecule has 1 aromatic heterocycles. The summed E-state index contributed by atoms with van der Waals surface area (Å²) in [5.74, 6) is -0.251. The van der Waals surface area contributed by atoms with Gasteiger partial charge in [0.25, 0.3) is 0 Å². The Bertz CT molecular complexity index is 1110. The lowest BCUT2D eigenvalue weighted by atomic mass is 10.1. The molecule has 1 N–H and O–H groups in total. The van der Waals surface area contributed by atoms with E-state index in [9.17, 15) is 9.90 Å². The van der Waals surface area contributed by atoms with E-state index in [2.05, 4.69) is 9.97 Å². The van der Waals surface area contributed by atoms with Gasteiger partial charge in [-0.05, 0) is 18.2 Å². The number of nitriles is 1. The predicted octanol–water partition coefficient (Wildman–Crippen LogP) is 4.00. The van der Waals surface area contributed by atoms with Crippen LogP contribution in [0, 0.1) is 11.3 Å². The summed E-state index contributed by atoms with van der Waals surface area (Å²) in [6.45, 7) is 0. The molecule has 1 heterocycles. The summed E-state index contributed by atoms with van der Waals surface area (Å²) in [5.41, 5.74) is 0.601. The second-order valence-electron chi connectivity index (χ2n) is 5.58. The van der Waals surface area contributed by atoms with Crippen LogP contribution in [0.15, 0.2) is 67.2 Å². The zero-order valence-electron chi connectivity index (χ0n) is 15.3. The Morgan fingerprint density at radius 2 is 1.66 bits per heavy atom. The first-order valence-corrected chi connectivity index (χ1v) is 8.35. The molecule has 0 aliphatic heterocycles. The number of rotatable bonds is 7. The van der Waals surface area contributed by atoms with Crippen molar-refractivity contribution in [1.82, 2.24) is 9.97 Å². The highest BCUT2D eigenvalue weighted by Gasteiger charge is 2.17. The van der Waals surface area contributed by atoms with Crippen molar-refractivity contribution >= 4 is 11.5 Å². The van der Waals surface area contributed by atoms with Gasteiger partial charge in [-0.25, -0.2) is 14.8 Å². The molecule has 3 rings (SSSR count). The van der Waals surface area contributed by atoms with E-state index in [1.807, 2.05) is 6.07 Å². The van der Waals surface area contributed by atoms with Gasteiger partial charge in [0.1, 0.15) is 29.5 Å². The SMILES string of the molecule is COC=C(C(=O)O)c1ccccc1Oc1cc(Oc2ccccc2C#N)ncn1. The average Bonchev–Trinajstić information content (AvgIpc) is 2.73. The molecule has 0 saturated heterocycles. The molecular formula is C21H15N3O5. The molecule has 0 bridgehead atoms. The predicted molar refractivity (Wildman–Crippen MR) is 102 cm³/mol. The van der Waals surface area contributed by atoms with Gasteiger partial charge >= 0.3 is 5.97 Å². The molecule has 0 unspecified atom stereocenters. The highest BCUT2D eigenvalue weighted by molar-refractivity contribution is 6.15. The van der Waals surface area contributed by atoms with Gasteiger partial charge in [0.05, 0.1) is 25.0 Å². The maximum absolute atomic E-state index is 11.5. The van der Waals surface area contributed by atoms with Crippen molar-refractivity contribution < 1.29 is 24.1 Å². The van der Waals surface area contributed by atoms with Crippen LogP contribution in [0.25, 0.3) is 5.57 Å². The molecule has 0 radical (unpaired) electrons. The van der Waals surface area contributed by atoms with Crippen molar-refractivity contribution in [3.05, 3.63) is 78.3 Å². The first-order chi connectivity index (χ1) is 14.1. The van der Waals surface area contributed by atoms with Crippen LogP contribution in [0.4, 0.5) is 0 Å². The molecule has 0 fully saturated rings. The van der Waals surface area contributed by atoms with E-state index < -0.39 is 5.97 Å². The molecule has 2 aromatic carbocycles. The number of carbonyl (C=O) groups is 1. The number of ether oxygens (including phenoxy) is 3. The van der Waals surface area contributed by atoms with Crippen LogP contribution in [-0.4, -0.2) is 28.2 Å². The lowest BCUT2D eigenvalue weighted by molar-refractivity contribution is -0.130. The Kier molecular flexibility index (Phi) is 6.02. The number of aromatic nitrogens is 2. The summed E-state index contributed by atoms with van der Waals surface area (Å²) in [5, 5.41) is 18.6. The van der Waals surface area contributed by atoms with Gasteiger partial charge in [0, 0.05) is 5.56 Å². The fourth-order valence-electron chi connectivity index (χ4n) is 2.43. The molecule has 0 atom stereocenters. The minimum Gasteiger partial charge on any atom is -0.503 e. The summed E-state index contributed by atoms with van der Waals surface area (Å²) >= 11 is 0. The highest BCUT2D eigenvalue weighted by atomic mass is 16.5. The number of carboxylic acid groups (broad SMARTS) is 1. The summed E-state index contributed by atoms with van der Waals surface area (Å²) in [6, 6.07) is 16.8. The van der Waals surface area contributed by atoms with Crippen LogP contribution >= 0.6 is 0 Å². The minimum atomic E-state index is -1.16. The third kappa shape index (κ3) is 4.67. The summed E-state index contributed by atoms with van der Waals surface area (Å²) < 4.78 is 16.3. The van der Waals surface area contributed by atoms with E-state index >= 15 is 0 Å². The fourth-order valence-corrected chi connectivity index (χ4v) is 2.43. The van der Waals surface area contributed by atoms with Crippen LogP contribution in [0.2, 0.25) is 0 Å². The molecule has 0 aliphatic rings. The number of carboxylic acids is 1. The molecular weight excluding hydrogens is 374 g/mol. The fraction of sp³-hybridized carbons (Fsp3) is 0.0476. The first-order valence-electron chi connectivity index (χ1n) is 8.35. The van der Waals surface area contributed by atoms with Crippen molar-refractivity contribution in [3.8, 4) is 29.3 Å². The largest absolute Gasteiger partial charge is 0.503 e. The van der Waals surface area contributed by atoms with Gasteiger partial charge < -0.3 is 19.3 Å². The number of para-hydroxylation sites is 2. The molecule has 3 aromatic rings. The highest BCUT2D eigenvalue weighted by Crippen LogP contribution is 2.31. The van der Waals surface area contributed by atoms with E-state index in [-0.39, 0.29) is 23.1 Å². The van der Waals surface area contributed by atoms with Crippen molar-refractivity contribution in [1.29, 1.82) is 5.26 Å². The normalized spacial score (nSPS) is 10.7. The lowest BCUT2D eigenvalue weighted by Crippen LogP contribution is -2.02.